The van der Waals surface area contributed by atoms with Crippen LogP contribution in [0.25, 0.3) is 5.82 Å². The van der Waals surface area contributed by atoms with E-state index in [-0.39, 0.29) is 29.9 Å². The van der Waals surface area contributed by atoms with Gasteiger partial charge in [-0.3, -0.25) is 0 Å². The van der Waals surface area contributed by atoms with Crippen molar-refractivity contribution in [2.24, 2.45) is 0 Å². The van der Waals surface area contributed by atoms with Gasteiger partial charge in [-0.05, 0) is 58.6 Å². The van der Waals surface area contributed by atoms with Gasteiger partial charge in [0.05, 0.1) is 16.9 Å². The van der Waals surface area contributed by atoms with Gasteiger partial charge in [-0.2, -0.15) is 5.10 Å². The maximum absolute atomic E-state index is 12.8. The smallest absolute Gasteiger partial charge is 0.410 e. The van der Waals surface area contributed by atoms with Crippen molar-refractivity contribution >= 4 is 17.6 Å². The van der Waals surface area contributed by atoms with Gasteiger partial charge in [-0.25, -0.2) is 29.4 Å². The van der Waals surface area contributed by atoms with Crippen LogP contribution in [0.3, 0.4) is 0 Å². The number of anilines is 2. The Morgan fingerprint density at radius 3 is 2.56 bits per heavy atom. The van der Waals surface area contributed by atoms with Crippen LogP contribution in [0.4, 0.5) is 16.3 Å². The molecular weight excluding hydrogens is 460 g/mol. The van der Waals surface area contributed by atoms with Crippen LogP contribution in [0.1, 0.15) is 56.7 Å². The molecule has 1 amide bonds. The molecule has 2 bridgehead atoms. The van der Waals surface area contributed by atoms with Crippen LogP contribution in [-0.4, -0.2) is 64.5 Å². The summed E-state index contributed by atoms with van der Waals surface area (Å²) >= 11 is 0. The van der Waals surface area contributed by atoms with Gasteiger partial charge in [0.15, 0.2) is 5.82 Å². The van der Waals surface area contributed by atoms with Crippen molar-refractivity contribution in [3.63, 3.8) is 0 Å². The Labute approximate surface area is 209 Å². The summed E-state index contributed by atoms with van der Waals surface area (Å²) in [5, 5.41) is 7.49. The summed E-state index contributed by atoms with van der Waals surface area (Å²) < 4.78 is 13.8. The van der Waals surface area contributed by atoms with E-state index in [9.17, 15) is 4.79 Å². The number of aromatic nitrogens is 6. The topological polar surface area (TPSA) is 120 Å². The number of nitrogens with one attached hydrogen (secondary N) is 1. The summed E-state index contributed by atoms with van der Waals surface area (Å²) in [5.41, 5.74) is 2.21. The third-order valence-corrected chi connectivity index (χ3v) is 7.48. The Morgan fingerprint density at radius 1 is 1.11 bits per heavy atom. The number of nitrogens with zero attached hydrogens (tertiary/aromatic N) is 7. The first-order valence-electron chi connectivity index (χ1n) is 12.5. The fourth-order valence-corrected chi connectivity index (χ4v) is 5.16. The molecule has 3 aliphatic rings. The molecular formula is C25H30N8O3. The zero-order chi connectivity index (χ0) is 24.9. The van der Waals surface area contributed by atoms with Gasteiger partial charge < -0.3 is 19.7 Å². The number of ether oxygens (including phenoxy) is 2. The van der Waals surface area contributed by atoms with Crippen LogP contribution in [0, 0.1) is 13.8 Å². The summed E-state index contributed by atoms with van der Waals surface area (Å²) in [5.74, 6) is 1.92. The SMILES string of the molecule is Cc1nc(-n2cncn2)ccc1Nc1ncnc(OC2CC3CCC(C2)N3C(=O)OC2(C)CC2)c1C. The second-order valence-electron chi connectivity index (χ2n) is 10.2. The Kier molecular flexibility index (Phi) is 5.50. The van der Waals surface area contributed by atoms with Crippen LogP contribution in [-0.2, 0) is 4.74 Å². The molecule has 188 valence electrons. The molecule has 2 atom stereocenters. The molecule has 2 saturated heterocycles. The number of hydrogen-bond donors (Lipinski definition) is 1. The lowest BCUT2D eigenvalue weighted by Gasteiger charge is -2.38. The number of amides is 1. The number of rotatable bonds is 6. The van der Waals surface area contributed by atoms with Gasteiger partial charge >= 0.3 is 6.09 Å². The van der Waals surface area contributed by atoms with Gasteiger partial charge in [0.25, 0.3) is 0 Å². The molecule has 3 aromatic rings. The Balaban J connectivity index is 1.13. The Morgan fingerprint density at radius 2 is 1.89 bits per heavy atom. The Hall–Kier alpha value is -3.76. The van der Waals surface area contributed by atoms with E-state index in [1.54, 1.807) is 11.0 Å². The van der Waals surface area contributed by atoms with E-state index >= 15 is 0 Å². The summed E-state index contributed by atoms with van der Waals surface area (Å²) in [4.78, 5) is 32.2. The molecule has 11 heteroatoms. The van der Waals surface area contributed by atoms with Gasteiger partial charge in [-0.15, -0.1) is 0 Å². The number of fused-ring (bicyclic) bond motifs is 2. The highest BCUT2D eigenvalue weighted by Gasteiger charge is 2.49. The summed E-state index contributed by atoms with van der Waals surface area (Å²) in [7, 11) is 0. The third-order valence-electron chi connectivity index (χ3n) is 7.48. The molecule has 11 nitrogen and oxygen atoms in total. The first-order valence-corrected chi connectivity index (χ1v) is 12.5. The number of carbonyl (C=O) groups excluding carboxylic acids is 1. The quantitative estimate of drug-likeness (QED) is 0.549. The first kappa shape index (κ1) is 22.7. The molecule has 1 aliphatic carbocycles. The van der Waals surface area contributed by atoms with Crippen molar-refractivity contribution in [3.05, 3.63) is 42.4 Å². The average molecular weight is 491 g/mol. The average Bonchev–Trinajstić information content (AvgIpc) is 3.23. The minimum Gasteiger partial charge on any atom is -0.474 e. The van der Waals surface area contributed by atoms with Crippen LogP contribution in [0.15, 0.2) is 31.1 Å². The molecule has 0 spiro atoms. The zero-order valence-electron chi connectivity index (χ0n) is 20.7. The number of pyridine rings is 1. The fourth-order valence-electron chi connectivity index (χ4n) is 5.16. The monoisotopic (exact) mass is 490 g/mol. The lowest BCUT2D eigenvalue weighted by molar-refractivity contribution is 0.0115. The molecule has 3 aromatic heterocycles. The van der Waals surface area contributed by atoms with Crippen molar-refractivity contribution in [1.29, 1.82) is 0 Å². The molecule has 36 heavy (non-hydrogen) atoms. The molecule has 0 radical (unpaired) electrons. The zero-order valence-corrected chi connectivity index (χ0v) is 20.7. The van der Waals surface area contributed by atoms with Gasteiger partial charge in [0, 0.05) is 24.9 Å². The number of hydrogen-bond acceptors (Lipinski definition) is 9. The highest BCUT2D eigenvalue weighted by molar-refractivity contribution is 5.70. The second-order valence-corrected chi connectivity index (χ2v) is 10.2. The predicted octanol–water partition coefficient (Wildman–Crippen LogP) is 3.88. The maximum Gasteiger partial charge on any atom is 0.410 e. The molecule has 5 heterocycles. The highest BCUT2D eigenvalue weighted by atomic mass is 16.6. The second kappa shape index (κ2) is 8.72. The fraction of sp³-hybridized carbons (Fsp3) is 0.520. The number of carbonyl (C=O) groups is 1. The molecule has 6 rings (SSSR count). The molecule has 1 saturated carbocycles. The van der Waals surface area contributed by atoms with E-state index < -0.39 is 0 Å². The summed E-state index contributed by atoms with van der Waals surface area (Å²) in [6.45, 7) is 5.88. The van der Waals surface area contributed by atoms with Crippen LogP contribution in [0.2, 0.25) is 0 Å². The van der Waals surface area contributed by atoms with E-state index in [1.165, 1.54) is 12.7 Å². The van der Waals surface area contributed by atoms with Crippen LogP contribution in [0.5, 0.6) is 5.88 Å². The minimum atomic E-state index is -0.254. The van der Waals surface area contributed by atoms with Crippen molar-refractivity contribution in [1.82, 2.24) is 34.6 Å². The number of piperidine rings is 1. The largest absolute Gasteiger partial charge is 0.474 e. The lowest BCUT2D eigenvalue weighted by Crippen LogP contribution is -2.50. The van der Waals surface area contributed by atoms with E-state index in [2.05, 4.69) is 30.4 Å². The normalized spacial score (nSPS) is 23.9. The van der Waals surface area contributed by atoms with E-state index in [0.29, 0.717) is 17.5 Å². The van der Waals surface area contributed by atoms with E-state index in [1.807, 2.05) is 37.8 Å². The summed E-state index contributed by atoms with van der Waals surface area (Å²) in [6, 6.07) is 4.12. The van der Waals surface area contributed by atoms with Crippen LogP contribution < -0.4 is 10.1 Å². The minimum absolute atomic E-state index is 0.00474. The van der Waals surface area contributed by atoms with Crippen molar-refractivity contribution < 1.29 is 14.3 Å². The molecule has 3 fully saturated rings. The van der Waals surface area contributed by atoms with E-state index in [0.717, 1.165) is 55.5 Å². The maximum atomic E-state index is 12.8. The molecule has 2 aliphatic heterocycles. The highest BCUT2D eigenvalue weighted by Crippen LogP contribution is 2.43. The van der Waals surface area contributed by atoms with Crippen molar-refractivity contribution in [2.75, 3.05) is 5.32 Å². The van der Waals surface area contributed by atoms with Gasteiger partial charge in [-0.1, -0.05) is 0 Å². The standard InChI is InChI=1S/C25H30N8O3/c1-15-22(31-20-6-7-21(30-16(20)2)32-14-26-12-29-32)27-13-28-23(15)35-19-10-17-4-5-18(11-19)33(17)24(34)36-25(3)8-9-25/h6-7,12-14,17-19H,4-5,8-11H2,1-3H3,(H,27,28,31). The van der Waals surface area contributed by atoms with Crippen LogP contribution >= 0.6 is 0 Å². The third kappa shape index (κ3) is 4.33. The first-order chi connectivity index (χ1) is 17.4. The summed E-state index contributed by atoms with van der Waals surface area (Å²) in [6.07, 6.45) is 9.88. The van der Waals surface area contributed by atoms with Gasteiger partial charge in [0.1, 0.15) is 36.5 Å². The predicted molar refractivity (Wildman–Crippen MR) is 130 cm³/mol. The van der Waals surface area contributed by atoms with Crippen molar-refractivity contribution in [2.45, 2.75) is 83.1 Å². The van der Waals surface area contributed by atoms with Crippen molar-refractivity contribution in [3.8, 4) is 11.7 Å². The molecule has 1 N–H and O–H groups in total. The van der Waals surface area contributed by atoms with E-state index in [4.69, 9.17) is 9.47 Å². The lowest BCUT2D eigenvalue weighted by atomic mass is 10.0. The molecule has 2 unspecified atom stereocenters. The molecule has 0 aromatic carbocycles. The van der Waals surface area contributed by atoms with Gasteiger partial charge in [0.2, 0.25) is 5.88 Å². The number of aryl methyl sites for hydroxylation is 1. The Bertz CT molecular complexity index is 1260.